The fourth-order valence-electron chi connectivity index (χ4n) is 2.94. The number of hydrogen-bond acceptors (Lipinski definition) is 3. The minimum Gasteiger partial charge on any atom is -0.376 e. The number of allylic oxidation sites excluding steroid dienone is 1. The van der Waals surface area contributed by atoms with E-state index in [9.17, 15) is 4.79 Å². The van der Waals surface area contributed by atoms with Gasteiger partial charge < -0.3 is 9.88 Å². The lowest BCUT2D eigenvalue weighted by Crippen LogP contribution is -2.25. The molecule has 2 aromatic carbocycles. The largest absolute Gasteiger partial charge is 0.376 e. The van der Waals surface area contributed by atoms with Crippen LogP contribution < -0.4 is 10.7 Å². The number of rotatable bonds is 7. The van der Waals surface area contributed by atoms with E-state index in [0.29, 0.717) is 0 Å². The van der Waals surface area contributed by atoms with Crippen molar-refractivity contribution in [3.8, 4) is 0 Å². The summed E-state index contributed by atoms with van der Waals surface area (Å²) in [6, 6.07) is 15.8. The van der Waals surface area contributed by atoms with Crippen molar-refractivity contribution in [2.45, 2.75) is 13.5 Å². The zero-order valence-corrected chi connectivity index (χ0v) is 16.7. The van der Waals surface area contributed by atoms with Crippen molar-refractivity contribution in [3.63, 3.8) is 0 Å². The van der Waals surface area contributed by atoms with Crippen LogP contribution in [0.3, 0.4) is 0 Å². The average Bonchev–Trinajstić information content (AvgIpc) is 2.94. The molecular weight excluding hydrogens is 404 g/mol. The molecule has 1 aromatic heterocycles. The summed E-state index contributed by atoms with van der Waals surface area (Å²) >= 11 is 3.38. The molecule has 0 atom stereocenters. The number of hydrazone groups is 1. The first-order valence-electron chi connectivity index (χ1n) is 8.60. The molecule has 1 heterocycles. The van der Waals surface area contributed by atoms with Crippen molar-refractivity contribution in [1.82, 2.24) is 9.99 Å². The van der Waals surface area contributed by atoms with Crippen LogP contribution in [-0.4, -0.2) is 23.2 Å². The Balaban J connectivity index is 1.67. The van der Waals surface area contributed by atoms with Crippen molar-refractivity contribution in [1.29, 1.82) is 0 Å². The standard InChI is InChI=1S/C21H21BrN4O/c1-3-12-26-15(2)19(18-6-4-5-7-20(18)26)13-24-25-21(27)14-23-17-10-8-16(22)9-11-17/h3-11,13,23H,1,12,14H2,2H3,(H,25,27)/b24-13-. The first kappa shape index (κ1) is 18.9. The van der Waals surface area contributed by atoms with Crippen LogP contribution in [0.4, 0.5) is 5.69 Å². The molecule has 138 valence electrons. The molecule has 6 heteroatoms. The number of nitrogens with one attached hydrogen (secondary N) is 2. The van der Waals surface area contributed by atoms with E-state index in [1.54, 1.807) is 6.21 Å². The van der Waals surface area contributed by atoms with E-state index in [4.69, 9.17) is 0 Å². The molecule has 0 saturated heterocycles. The Bertz CT molecular complexity index is 989. The lowest BCUT2D eigenvalue weighted by molar-refractivity contribution is -0.119. The molecule has 27 heavy (non-hydrogen) atoms. The van der Waals surface area contributed by atoms with E-state index in [1.807, 2.05) is 49.4 Å². The van der Waals surface area contributed by atoms with E-state index in [-0.39, 0.29) is 12.5 Å². The Hall–Kier alpha value is -2.86. The number of fused-ring (bicyclic) bond motifs is 1. The highest BCUT2D eigenvalue weighted by atomic mass is 79.9. The van der Waals surface area contributed by atoms with Crippen LogP contribution >= 0.6 is 15.9 Å². The highest BCUT2D eigenvalue weighted by molar-refractivity contribution is 9.10. The normalized spacial score (nSPS) is 11.0. The topological polar surface area (TPSA) is 58.4 Å². The quantitative estimate of drug-likeness (QED) is 0.334. The van der Waals surface area contributed by atoms with Crippen LogP contribution in [-0.2, 0) is 11.3 Å². The van der Waals surface area contributed by atoms with Gasteiger partial charge in [0.15, 0.2) is 0 Å². The number of carbonyl (C=O) groups is 1. The Kier molecular flexibility index (Phi) is 6.08. The Morgan fingerprint density at radius 1 is 1.22 bits per heavy atom. The van der Waals surface area contributed by atoms with Gasteiger partial charge in [0.1, 0.15) is 0 Å². The van der Waals surface area contributed by atoms with E-state index in [0.717, 1.165) is 38.9 Å². The molecule has 0 saturated carbocycles. The van der Waals surface area contributed by atoms with Gasteiger partial charge in [0.2, 0.25) is 0 Å². The van der Waals surface area contributed by atoms with Crippen LogP contribution in [0.5, 0.6) is 0 Å². The lowest BCUT2D eigenvalue weighted by Gasteiger charge is -2.05. The molecular formula is C21H21BrN4O. The number of para-hydroxylation sites is 1. The number of nitrogens with zero attached hydrogens (tertiary/aromatic N) is 2. The van der Waals surface area contributed by atoms with E-state index in [2.05, 4.69) is 55.1 Å². The fraction of sp³-hybridized carbons (Fsp3) is 0.143. The van der Waals surface area contributed by atoms with Crippen molar-refractivity contribution >= 4 is 44.6 Å². The second kappa shape index (κ2) is 8.68. The number of aromatic nitrogens is 1. The molecule has 0 bridgehead atoms. The van der Waals surface area contributed by atoms with Gasteiger partial charge in [-0.15, -0.1) is 6.58 Å². The van der Waals surface area contributed by atoms with Gasteiger partial charge in [-0.2, -0.15) is 5.10 Å². The predicted molar refractivity (Wildman–Crippen MR) is 115 cm³/mol. The van der Waals surface area contributed by atoms with Crippen LogP contribution in [0.15, 0.2) is 70.8 Å². The van der Waals surface area contributed by atoms with Crippen molar-refractivity contribution in [3.05, 3.63) is 76.9 Å². The molecule has 0 aliphatic carbocycles. The molecule has 0 unspecified atom stereocenters. The molecule has 0 spiro atoms. The maximum atomic E-state index is 12.0. The van der Waals surface area contributed by atoms with Crippen LogP contribution in [0.2, 0.25) is 0 Å². The maximum absolute atomic E-state index is 12.0. The Labute approximate surface area is 166 Å². The lowest BCUT2D eigenvalue weighted by atomic mass is 10.1. The van der Waals surface area contributed by atoms with E-state index < -0.39 is 0 Å². The molecule has 0 aliphatic heterocycles. The summed E-state index contributed by atoms with van der Waals surface area (Å²) < 4.78 is 3.17. The third-order valence-electron chi connectivity index (χ3n) is 4.27. The molecule has 5 nitrogen and oxygen atoms in total. The van der Waals surface area contributed by atoms with Crippen molar-refractivity contribution < 1.29 is 4.79 Å². The average molecular weight is 425 g/mol. The third-order valence-corrected chi connectivity index (χ3v) is 4.80. The molecule has 2 N–H and O–H groups in total. The molecule has 3 aromatic rings. The first-order chi connectivity index (χ1) is 13.1. The SMILES string of the molecule is C=CCn1c(C)c(/C=N\NC(=O)CNc2ccc(Br)cc2)c2ccccc21. The maximum Gasteiger partial charge on any atom is 0.259 e. The molecule has 0 radical (unpaired) electrons. The van der Waals surface area contributed by atoms with Gasteiger partial charge in [0, 0.05) is 38.9 Å². The van der Waals surface area contributed by atoms with E-state index in [1.165, 1.54) is 0 Å². The number of halogens is 1. The number of anilines is 1. The highest BCUT2D eigenvalue weighted by Gasteiger charge is 2.11. The smallest absolute Gasteiger partial charge is 0.259 e. The third kappa shape index (κ3) is 4.46. The molecule has 3 rings (SSSR count). The summed E-state index contributed by atoms with van der Waals surface area (Å²) in [5.74, 6) is -0.207. The summed E-state index contributed by atoms with van der Waals surface area (Å²) in [4.78, 5) is 12.0. The highest BCUT2D eigenvalue weighted by Crippen LogP contribution is 2.24. The second-order valence-electron chi connectivity index (χ2n) is 6.07. The second-order valence-corrected chi connectivity index (χ2v) is 6.98. The van der Waals surface area contributed by atoms with Gasteiger partial charge in [-0.3, -0.25) is 4.79 Å². The summed E-state index contributed by atoms with van der Waals surface area (Å²) in [6.45, 7) is 6.75. The molecule has 0 aliphatic rings. The predicted octanol–water partition coefficient (Wildman–Crippen LogP) is 4.46. The zero-order chi connectivity index (χ0) is 19.2. The van der Waals surface area contributed by atoms with Gasteiger partial charge in [-0.05, 0) is 37.3 Å². The minimum absolute atomic E-state index is 0.149. The summed E-state index contributed by atoms with van der Waals surface area (Å²) in [5.41, 5.74) is 6.65. The summed E-state index contributed by atoms with van der Waals surface area (Å²) in [5, 5.41) is 8.30. The molecule has 0 fully saturated rings. The van der Waals surface area contributed by atoms with Gasteiger partial charge >= 0.3 is 0 Å². The first-order valence-corrected chi connectivity index (χ1v) is 9.39. The van der Waals surface area contributed by atoms with Gasteiger partial charge in [-0.25, -0.2) is 5.43 Å². The zero-order valence-electron chi connectivity index (χ0n) is 15.1. The summed E-state index contributed by atoms with van der Waals surface area (Å²) in [7, 11) is 0. The minimum atomic E-state index is -0.207. The number of hydrogen-bond donors (Lipinski definition) is 2. The van der Waals surface area contributed by atoms with Gasteiger partial charge in [0.05, 0.1) is 12.8 Å². The van der Waals surface area contributed by atoms with Crippen LogP contribution in [0.25, 0.3) is 10.9 Å². The van der Waals surface area contributed by atoms with Gasteiger partial charge in [0.25, 0.3) is 5.91 Å². The Morgan fingerprint density at radius 2 is 1.96 bits per heavy atom. The number of carbonyl (C=O) groups excluding carboxylic acids is 1. The monoisotopic (exact) mass is 424 g/mol. The number of benzene rings is 2. The Morgan fingerprint density at radius 3 is 2.70 bits per heavy atom. The van der Waals surface area contributed by atoms with Crippen LogP contribution in [0, 0.1) is 6.92 Å². The summed E-state index contributed by atoms with van der Waals surface area (Å²) in [6.07, 6.45) is 3.57. The van der Waals surface area contributed by atoms with Crippen molar-refractivity contribution in [2.75, 3.05) is 11.9 Å². The van der Waals surface area contributed by atoms with E-state index >= 15 is 0 Å². The fourth-order valence-corrected chi connectivity index (χ4v) is 3.21. The number of amides is 1. The van der Waals surface area contributed by atoms with Gasteiger partial charge in [-0.1, -0.05) is 40.2 Å². The van der Waals surface area contributed by atoms with Crippen molar-refractivity contribution in [2.24, 2.45) is 5.10 Å². The molecule has 1 amide bonds. The van der Waals surface area contributed by atoms with Crippen LogP contribution in [0.1, 0.15) is 11.3 Å².